The van der Waals surface area contributed by atoms with Crippen molar-refractivity contribution in [2.24, 2.45) is 0 Å². The second-order valence-corrected chi connectivity index (χ2v) is 11.0. The highest BCUT2D eigenvalue weighted by Crippen LogP contribution is 2.17. The molecule has 3 rings (SSSR count). The molecule has 0 bridgehead atoms. The highest BCUT2D eigenvalue weighted by atomic mass is 32.2. The van der Waals surface area contributed by atoms with E-state index < -0.39 is 21.6 Å². The topological polar surface area (TPSA) is 116 Å². The lowest BCUT2D eigenvalue weighted by molar-refractivity contribution is -0.127. The molecule has 9 heteroatoms. The number of carbonyl (C=O) groups excluding carboxylic acids is 2. The van der Waals surface area contributed by atoms with Crippen molar-refractivity contribution in [3.8, 4) is 0 Å². The van der Waals surface area contributed by atoms with E-state index in [9.17, 15) is 18.0 Å². The van der Waals surface area contributed by atoms with Gasteiger partial charge in [-0.2, -0.15) is 0 Å². The van der Waals surface area contributed by atoms with E-state index in [1.807, 2.05) is 30.3 Å². The monoisotopic (exact) mass is 472 g/mol. The minimum absolute atomic E-state index is 0.108. The number of nitrogens with one attached hydrogen (secondary N) is 4. The molecule has 1 aliphatic rings. The first-order valence-corrected chi connectivity index (χ1v) is 12.5. The van der Waals surface area contributed by atoms with Crippen LogP contribution in [0.3, 0.4) is 0 Å². The van der Waals surface area contributed by atoms with Gasteiger partial charge in [0, 0.05) is 17.6 Å². The third kappa shape index (κ3) is 7.38. The number of hydrogen-bond donors (Lipinski definition) is 4. The van der Waals surface area contributed by atoms with E-state index in [0.29, 0.717) is 12.1 Å². The van der Waals surface area contributed by atoms with Gasteiger partial charge in [0.05, 0.1) is 10.9 Å². The number of sulfonamides is 1. The Labute approximate surface area is 195 Å². The first-order valence-electron chi connectivity index (χ1n) is 11.1. The molecule has 2 atom stereocenters. The standard InChI is InChI=1S/C24H32N4O4S/c1-24(2,3)28-33(31,32)19-13-11-18(12-14-19)26-23(30)21(16-17-8-5-4-6-9-17)27-22(29)20-10-7-15-25-20/h4-6,8-9,11-14,20-21,25,28H,7,10,15-16H2,1-3H3,(H,26,30)(H,27,29)/t20?,21-/m0/s1. The van der Waals surface area contributed by atoms with E-state index >= 15 is 0 Å². The summed E-state index contributed by atoms with van der Waals surface area (Å²) in [5.74, 6) is -0.563. The van der Waals surface area contributed by atoms with Crippen LogP contribution in [-0.4, -0.2) is 44.4 Å². The largest absolute Gasteiger partial charge is 0.343 e. The molecule has 1 saturated heterocycles. The molecule has 1 heterocycles. The molecule has 1 fully saturated rings. The van der Waals surface area contributed by atoms with Gasteiger partial charge in [-0.25, -0.2) is 13.1 Å². The Hall–Kier alpha value is -2.75. The molecule has 2 amide bonds. The van der Waals surface area contributed by atoms with Crippen molar-refractivity contribution < 1.29 is 18.0 Å². The summed E-state index contributed by atoms with van der Waals surface area (Å²) in [4.78, 5) is 25.8. The van der Waals surface area contributed by atoms with Gasteiger partial charge in [-0.3, -0.25) is 9.59 Å². The lowest BCUT2D eigenvalue weighted by atomic mass is 10.0. The molecule has 2 aromatic rings. The van der Waals surface area contributed by atoms with Crippen molar-refractivity contribution in [1.82, 2.24) is 15.4 Å². The summed E-state index contributed by atoms with van der Waals surface area (Å²) in [6.07, 6.45) is 2.00. The summed E-state index contributed by atoms with van der Waals surface area (Å²) in [7, 11) is -3.67. The van der Waals surface area contributed by atoms with Gasteiger partial charge >= 0.3 is 0 Å². The molecule has 2 aromatic carbocycles. The fourth-order valence-electron chi connectivity index (χ4n) is 3.65. The minimum atomic E-state index is -3.67. The van der Waals surface area contributed by atoms with Crippen LogP contribution in [-0.2, 0) is 26.0 Å². The van der Waals surface area contributed by atoms with Crippen LogP contribution < -0.4 is 20.7 Å². The Morgan fingerprint density at radius 2 is 1.73 bits per heavy atom. The second-order valence-electron chi connectivity index (χ2n) is 9.27. The van der Waals surface area contributed by atoms with Gasteiger partial charge < -0.3 is 16.0 Å². The van der Waals surface area contributed by atoms with E-state index in [-0.39, 0.29) is 22.8 Å². The molecule has 178 valence electrons. The van der Waals surface area contributed by atoms with Crippen molar-refractivity contribution in [3.05, 3.63) is 60.2 Å². The Kier molecular flexibility index (Phi) is 7.88. The van der Waals surface area contributed by atoms with Crippen LogP contribution in [0.4, 0.5) is 5.69 Å². The van der Waals surface area contributed by atoms with Crippen LogP contribution in [0.15, 0.2) is 59.5 Å². The van der Waals surface area contributed by atoms with Crippen LogP contribution in [0.5, 0.6) is 0 Å². The van der Waals surface area contributed by atoms with Gasteiger partial charge in [-0.1, -0.05) is 30.3 Å². The maximum absolute atomic E-state index is 13.1. The molecule has 33 heavy (non-hydrogen) atoms. The first kappa shape index (κ1) is 24.9. The minimum Gasteiger partial charge on any atom is -0.343 e. The highest BCUT2D eigenvalue weighted by molar-refractivity contribution is 7.89. The Bertz CT molecular complexity index is 1060. The molecule has 0 spiro atoms. The van der Waals surface area contributed by atoms with Gasteiger partial charge in [0.25, 0.3) is 0 Å². The number of hydrogen-bond acceptors (Lipinski definition) is 5. The molecule has 4 N–H and O–H groups in total. The summed E-state index contributed by atoms with van der Waals surface area (Å²) in [5.41, 5.74) is 0.760. The molecule has 8 nitrogen and oxygen atoms in total. The third-order valence-corrected chi connectivity index (χ3v) is 6.94. The van der Waals surface area contributed by atoms with Crippen LogP contribution in [0.2, 0.25) is 0 Å². The van der Waals surface area contributed by atoms with Crippen LogP contribution in [0, 0.1) is 0 Å². The van der Waals surface area contributed by atoms with Gasteiger partial charge in [0.2, 0.25) is 21.8 Å². The summed E-state index contributed by atoms with van der Waals surface area (Å²) in [6, 6.07) is 14.4. The predicted molar refractivity (Wildman–Crippen MR) is 128 cm³/mol. The normalized spacial score (nSPS) is 17.4. The molecular formula is C24H32N4O4S. The fourth-order valence-corrected chi connectivity index (χ4v) is 5.07. The summed E-state index contributed by atoms with van der Waals surface area (Å²) < 4.78 is 27.6. The zero-order valence-corrected chi connectivity index (χ0v) is 20.0. The highest BCUT2D eigenvalue weighted by Gasteiger charge is 2.28. The number of benzene rings is 2. The molecule has 0 aromatic heterocycles. The first-order chi connectivity index (χ1) is 15.5. The third-order valence-electron chi connectivity index (χ3n) is 5.17. The van der Waals surface area contributed by atoms with Crippen molar-refractivity contribution >= 4 is 27.5 Å². The fraction of sp³-hybridized carbons (Fsp3) is 0.417. The van der Waals surface area contributed by atoms with Gasteiger partial charge in [0.15, 0.2) is 0 Å². The molecule has 0 radical (unpaired) electrons. The summed E-state index contributed by atoms with van der Waals surface area (Å²) in [5, 5.41) is 8.81. The zero-order chi connectivity index (χ0) is 24.1. The smallest absolute Gasteiger partial charge is 0.247 e. The van der Waals surface area contributed by atoms with E-state index in [2.05, 4.69) is 20.7 Å². The number of amides is 2. The number of anilines is 1. The SMILES string of the molecule is CC(C)(C)NS(=O)(=O)c1ccc(NC(=O)[C@H](Cc2ccccc2)NC(=O)C2CCCN2)cc1. The number of carbonyl (C=O) groups is 2. The van der Waals surface area contributed by atoms with Crippen LogP contribution in [0.25, 0.3) is 0 Å². The van der Waals surface area contributed by atoms with Crippen LogP contribution in [0.1, 0.15) is 39.2 Å². The van der Waals surface area contributed by atoms with Crippen molar-refractivity contribution in [2.75, 3.05) is 11.9 Å². The quantitative estimate of drug-likeness (QED) is 0.470. The van der Waals surface area contributed by atoms with E-state index in [1.165, 1.54) is 24.3 Å². The molecule has 0 saturated carbocycles. The van der Waals surface area contributed by atoms with Crippen LogP contribution >= 0.6 is 0 Å². The Morgan fingerprint density at radius 1 is 1.06 bits per heavy atom. The summed E-state index contributed by atoms with van der Waals surface area (Å²) >= 11 is 0. The Balaban J connectivity index is 1.72. The molecule has 0 aliphatic carbocycles. The van der Waals surface area contributed by atoms with Crippen molar-refractivity contribution in [1.29, 1.82) is 0 Å². The lowest BCUT2D eigenvalue weighted by Gasteiger charge is -2.21. The van der Waals surface area contributed by atoms with E-state index in [4.69, 9.17) is 0 Å². The van der Waals surface area contributed by atoms with Gasteiger partial charge in [0.1, 0.15) is 6.04 Å². The second kappa shape index (κ2) is 10.5. The van der Waals surface area contributed by atoms with Gasteiger partial charge in [-0.05, 0) is 70.0 Å². The Morgan fingerprint density at radius 3 is 2.30 bits per heavy atom. The number of rotatable bonds is 8. The average Bonchev–Trinajstić information content (AvgIpc) is 3.28. The maximum Gasteiger partial charge on any atom is 0.247 e. The molecule has 1 unspecified atom stereocenters. The van der Waals surface area contributed by atoms with E-state index in [0.717, 1.165) is 24.9 Å². The van der Waals surface area contributed by atoms with Crippen molar-refractivity contribution in [3.63, 3.8) is 0 Å². The molecular weight excluding hydrogens is 440 g/mol. The van der Waals surface area contributed by atoms with E-state index in [1.54, 1.807) is 20.8 Å². The molecule has 1 aliphatic heterocycles. The zero-order valence-electron chi connectivity index (χ0n) is 19.2. The average molecular weight is 473 g/mol. The van der Waals surface area contributed by atoms with Gasteiger partial charge in [-0.15, -0.1) is 0 Å². The summed E-state index contributed by atoms with van der Waals surface area (Å²) in [6.45, 7) is 6.08. The maximum atomic E-state index is 13.1. The van der Waals surface area contributed by atoms with Crippen molar-refractivity contribution in [2.45, 2.75) is 62.6 Å². The lowest BCUT2D eigenvalue weighted by Crippen LogP contribution is -2.50. The predicted octanol–water partition coefficient (Wildman–Crippen LogP) is 2.18.